The maximum absolute atomic E-state index is 5.82. The first-order chi connectivity index (χ1) is 10.2. The van der Waals surface area contributed by atoms with Gasteiger partial charge < -0.3 is 4.74 Å². The Morgan fingerprint density at radius 1 is 1.10 bits per heavy atom. The van der Waals surface area contributed by atoms with E-state index in [0.717, 1.165) is 12.0 Å². The lowest BCUT2D eigenvalue weighted by Crippen LogP contribution is -2.39. The number of ether oxygens (including phenoxy) is 1. The SMILES string of the molecule is CO[C@@H]1CCCC[C@]12CCC=C2C#Cc1ccc(C)cc1. The van der Waals surface area contributed by atoms with Crippen LogP contribution in [0.3, 0.4) is 0 Å². The fourth-order valence-corrected chi connectivity index (χ4v) is 3.91. The van der Waals surface area contributed by atoms with Crippen LogP contribution in [-0.2, 0) is 4.74 Å². The molecule has 2 aliphatic carbocycles. The molecule has 1 heteroatoms. The van der Waals surface area contributed by atoms with Gasteiger partial charge in [-0.3, -0.25) is 0 Å². The van der Waals surface area contributed by atoms with Crippen molar-refractivity contribution in [3.63, 3.8) is 0 Å². The van der Waals surface area contributed by atoms with Gasteiger partial charge in [0.05, 0.1) is 6.10 Å². The van der Waals surface area contributed by atoms with Gasteiger partial charge in [-0.15, -0.1) is 0 Å². The molecule has 3 rings (SSSR count). The molecular weight excluding hydrogens is 256 g/mol. The van der Waals surface area contributed by atoms with E-state index in [9.17, 15) is 0 Å². The highest BCUT2D eigenvalue weighted by Gasteiger charge is 2.45. The van der Waals surface area contributed by atoms with E-state index in [1.54, 1.807) is 0 Å². The van der Waals surface area contributed by atoms with Crippen molar-refractivity contribution < 1.29 is 4.74 Å². The molecule has 0 unspecified atom stereocenters. The Balaban J connectivity index is 1.86. The molecule has 0 N–H and O–H groups in total. The third-order valence-corrected chi connectivity index (χ3v) is 5.11. The highest BCUT2D eigenvalue weighted by atomic mass is 16.5. The van der Waals surface area contributed by atoms with Gasteiger partial charge >= 0.3 is 0 Å². The van der Waals surface area contributed by atoms with E-state index in [2.05, 4.69) is 49.1 Å². The predicted molar refractivity (Wildman–Crippen MR) is 87.1 cm³/mol. The Morgan fingerprint density at radius 2 is 1.90 bits per heavy atom. The zero-order chi connectivity index (χ0) is 14.7. The van der Waals surface area contributed by atoms with Crippen molar-refractivity contribution >= 4 is 0 Å². The van der Waals surface area contributed by atoms with Gasteiger partial charge in [0.1, 0.15) is 0 Å². The van der Waals surface area contributed by atoms with Crippen LogP contribution in [0.1, 0.15) is 49.7 Å². The predicted octanol–water partition coefficient (Wildman–Crippen LogP) is 4.64. The molecule has 0 bridgehead atoms. The van der Waals surface area contributed by atoms with E-state index < -0.39 is 0 Å². The highest BCUT2D eigenvalue weighted by Crippen LogP contribution is 2.50. The molecule has 110 valence electrons. The summed E-state index contributed by atoms with van der Waals surface area (Å²) in [4.78, 5) is 0. The maximum Gasteiger partial charge on any atom is 0.0674 e. The number of benzene rings is 1. The molecule has 1 spiro atoms. The smallest absolute Gasteiger partial charge is 0.0674 e. The van der Waals surface area contributed by atoms with E-state index >= 15 is 0 Å². The summed E-state index contributed by atoms with van der Waals surface area (Å²) in [5, 5.41) is 0. The first-order valence-corrected chi connectivity index (χ1v) is 8.07. The molecule has 2 aliphatic rings. The first kappa shape index (κ1) is 14.4. The lowest BCUT2D eigenvalue weighted by Gasteiger charge is -2.41. The molecule has 1 aromatic rings. The van der Waals surface area contributed by atoms with Gasteiger partial charge in [0.15, 0.2) is 0 Å². The molecule has 2 atom stereocenters. The molecule has 1 fully saturated rings. The second-order valence-electron chi connectivity index (χ2n) is 6.40. The molecule has 0 aromatic heterocycles. The highest BCUT2D eigenvalue weighted by molar-refractivity contribution is 5.46. The molecule has 1 nitrogen and oxygen atoms in total. The van der Waals surface area contributed by atoms with Crippen LogP contribution in [0.4, 0.5) is 0 Å². The van der Waals surface area contributed by atoms with E-state index in [-0.39, 0.29) is 5.41 Å². The summed E-state index contributed by atoms with van der Waals surface area (Å²) in [5.74, 6) is 6.83. The van der Waals surface area contributed by atoms with Crippen LogP contribution in [0, 0.1) is 24.2 Å². The van der Waals surface area contributed by atoms with Crippen LogP contribution in [0.5, 0.6) is 0 Å². The fourth-order valence-electron chi connectivity index (χ4n) is 3.91. The van der Waals surface area contributed by atoms with Gasteiger partial charge in [-0.2, -0.15) is 0 Å². The van der Waals surface area contributed by atoms with E-state index in [1.165, 1.54) is 43.2 Å². The minimum Gasteiger partial charge on any atom is -0.381 e. The van der Waals surface area contributed by atoms with Crippen molar-refractivity contribution in [2.24, 2.45) is 5.41 Å². The number of hydrogen-bond acceptors (Lipinski definition) is 1. The number of allylic oxidation sites excluding steroid dienone is 1. The standard InChI is InChI=1S/C20H24O/c1-16-8-10-17(11-9-16)12-13-18-6-5-15-20(18)14-4-3-7-19(20)21-2/h6,8-11,19H,3-5,7,14-15H2,1-2H3/t19-,20-/m1/s1. The normalized spacial score (nSPS) is 28.1. The van der Waals surface area contributed by atoms with Gasteiger partial charge in [-0.05, 0) is 44.7 Å². The summed E-state index contributed by atoms with van der Waals surface area (Å²) < 4.78 is 5.82. The molecule has 0 heterocycles. The Morgan fingerprint density at radius 3 is 2.67 bits per heavy atom. The average molecular weight is 280 g/mol. The molecule has 0 amide bonds. The van der Waals surface area contributed by atoms with Crippen LogP contribution in [0.2, 0.25) is 0 Å². The van der Waals surface area contributed by atoms with Gasteiger partial charge in [0.2, 0.25) is 0 Å². The van der Waals surface area contributed by atoms with Crippen molar-refractivity contribution in [2.45, 2.75) is 51.6 Å². The Bertz CT molecular complexity index is 585. The van der Waals surface area contributed by atoms with Crippen LogP contribution in [-0.4, -0.2) is 13.2 Å². The Hall–Kier alpha value is -1.52. The molecule has 0 saturated heterocycles. The minimum atomic E-state index is 0.199. The van der Waals surface area contributed by atoms with Crippen LogP contribution < -0.4 is 0 Å². The molecule has 0 aliphatic heterocycles. The maximum atomic E-state index is 5.82. The van der Waals surface area contributed by atoms with Crippen LogP contribution in [0.25, 0.3) is 0 Å². The Labute approximate surface area is 128 Å². The van der Waals surface area contributed by atoms with Crippen molar-refractivity contribution in [3.05, 3.63) is 47.0 Å². The molecular formula is C20H24O. The number of aryl methyl sites for hydroxylation is 1. The molecule has 1 aromatic carbocycles. The summed E-state index contributed by atoms with van der Waals surface area (Å²) in [6, 6.07) is 8.47. The summed E-state index contributed by atoms with van der Waals surface area (Å²) in [6.07, 6.45) is 10.1. The summed E-state index contributed by atoms with van der Waals surface area (Å²) >= 11 is 0. The lowest BCUT2D eigenvalue weighted by molar-refractivity contribution is -0.0198. The summed E-state index contributed by atoms with van der Waals surface area (Å²) in [5.41, 5.74) is 3.91. The van der Waals surface area contributed by atoms with Crippen LogP contribution >= 0.6 is 0 Å². The second-order valence-corrected chi connectivity index (χ2v) is 6.40. The van der Waals surface area contributed by atoms with Crippen molar-refractivity contribution in [1.29, 1.82) is 0 Å². The van der Waals surface area contributed by atoms with Gasteiger partial charge in [-0.25, -0.2) is 0 Å². The topological polar surface area (TPSA) is 9.23 Å². The lowest BCUT2D eigenvalue weighted by atomic mass is 9.67. The second kappa shape index (κ2) is 6.08. The van der Waals surface area contributed by atoms with Gasteiger partial charge in [0.25, 0.3) is 0 Å². The van der Waals surface area contributed by atoms with E-state index in [4.69, 9.17) is 4.74 Å². The van der Waals surface area contributed by atoms with Crippen molar-refractivity contribution in [1.82, 2.24) is 0 Å². The quantitative estimate of drug-likeness (QED) is 0.681. The summed E-state index contributed by atoms with van der Waals surface area (Å²) in [6.45, 7) is 2.11. The number of hydrogen-bond donors (Lipinski definition) is 0. The first-order valence-electron chi connectivity index (χ1n) is 8.07. The van der Waals surface area contributed by atoms with Crippen molar-refractivity contribution in [2.75, 3.05) is 7.11 Å². The van der Waals surface area contributed by atoms with Gasteiger partial charge in [0, 0.05) is 23.7 Å². The Kier molecular flexibility index (Phi) is 4.17. The fraction of sp³-hybridized carbons (Fsp3) is 0.500. The van der Waals surface area contributed by atoms with Crippen LogP contribution in [0.15, 0.2) is 35.9 Å². The van der Waals surface area contributed by atoms with E-state index in [1.807, 2.05) is 7.11 Å². The molecule has 21 heavy (non-hydrogen) atoms. The number of methoxy groups -OCH3 is 1. The average Bonchev–Trinajstić information content (AvgIpc) is 2.90. The monoisotopic (exact) mass is 280 g/mol. The minimum absolute atomic E-state index is 0.199. The third kappa shape index (κ3) is 2.78. The molecule has 0 radical (unpaired) electrons. The zero-order valence-corrected chi connectivity index (χ0v) is 13.1. The van der Waals surface area contributed by atoms with E-state index in [0.29, 0.717) is 6.10 Å². The number of rotatable bonds is 1. The molecule has 1 saturated carbocycles. The summed E-state index contributed by atoms with van der Waals surface area (Å²) in [7, 11) is 1.86. The zero-order valence-electron chi connectivity index (χ0n) is 13.1. The third-order valence-electron chi connectivity index (χ3n) is 5.11. The van der Waals surface area contributed by atoms with Gasteiger partial charge in [-0.1, -0.05) is 48.5 Å². The largest absolute Gasteiger partial charge is 0.381 e. The van der Waals surface area contributed by atoms with Crippen molar-refractivity contribution in [3.8, 4) is 11.8 Å².